The second-order valence-corrected chi connectivity index (χ2v) is 6.14. The number of benzene rings is 1. The zero-order valence-corrected chi connectivity index (χ0v) is 14.9. The molecule has 1 saturated heterocycles. The van der Waals surface area contributed by atoms with Gasteiger partial charge in [0.25, 0.3) is 0 Å². The monoisotopic (exact) mass is 334 g/mol. The number of hydrogen-bond acceptors (Lipinski definition) is 4. The van der Waals surface area contributed by atoms with Gasteiger partial charge in [-0.25, -0.2) is 0 Å². The molecule has 1 aliphatic rings. The van der Waals surface area contributed by atoms with Crippen molar-refractivity contribution in [2.45, 2.75) is 39.5 Å². The van der Waals surface area contributed by atoms with Gasteiger partial charge < -0.3 is 20.1 Å². The first-order chi connectivity index (χ1) is 11.7. The molecule has 0 spiro atoms. The van der Waals surface area contributed by atoms with Gasteiger partial charge in [-0.1, -0.05) is 6.07 Å². The molecular weight excluding hydrogens is 304 g/mol. The summed E-state index contributed by atoms with van der Waals surface area (Å²) in [6, 6.07) is 5.98. The molecule has 1 atom stereocenters. The van der Waals surface area contributed by atoms with Gasteiger partial charge in [0.15, 0.2) is 11.5 Å². The summed E-state index contributed by atoms with van der Waals surface area (Å²) in [5.41, 5.74) is 1.14. The number of carbonyl (C=O) groups is 1. The van der Waals surface area contributed by atoms with E-state index in [1.807, 2.05) is 32.0 Å². The smallest absolute Gasteiger partial charge is 0.220 e. The first kappa shape index (κ1) is 18.6. The van der Waals surface area contributed by atoms with Crippen LogP contribution in [0.5, 0.6) is 11.5 Å². The van der Waals surface area contributed by atoms with E-state index in [-0.39, 0.29) is 5.91 Å². The molecule has 1 aromatic rings. The minimum Gasteiger partial charge on any atom is -0.490 e. The molecule has 0 bridgehead atoms. The topological polar surface area (TPSA) is 59.6 Å². The maximum atomic E-state index is 11.9. The Labute approximate surface area is 145 Å². The molecule has 0 aliphatic carbocycles. The van der Waals surface area contributed by atoms with Crippen LogP contribution >= 0.6 is 0 Å². The van der Waals surface area contributed by atoms with E-state index in [0.717, 1.165) is 43.0 Å². The SMILES string of the molecule is CCOc1ccc(CCNC(=O)CCC2CCNC2)cc1OCC. The van der Waals surface area contributed by atoms with Crippen molar-refractivity contribution in [1.82, 2.24) is 10.6 Å². The van der Waals surface area contributed by atoms with Gasteiger partial charge in [0, 0.05) is 13.0 Å². The molecule has 0 radical (unpaired) electrons. The predicted molar refractivity (Wildman–Crippen MR) is 95.7 cm³/mol. The van der Waals surface area contributed by atoms with Gasteiger partial charge in [0.05, 0.1) is 13.2 Å². The van der Waals surface area contributed by atoms with E-state index in [9.17, 15) is 4.79 Å². The summed E-state index contributed by atoms with van der Waals surface area (Å²) in [5, 5.41) is 6.35. The molecule has 2 rings (SSSR count). The largest absolute Gasteiger partial charge is 0.490 e. The van der Waals surface area contributed by atoms with E-state index in [1.165, 1.54) is 6.42 Å². The summed E-state index contributed by atoms with van der Waals surface area (Å²) in [6.45, 7) is 7.94. The third-order valence-electron chi connectivity index (χ3n) is 4.29. The third-order valence-corrected chi connectivity index (χ3v) is 4.29. The van der Waals surface area contributed by atoms with Crippen LogP contribution in [0.3, 0.4) is 0 Å². The predicted octanol–water partition coefficient (Wildman–Crippen LogP) is 2.53. The summed E-state index contributed by atoms with van der Waals surface area (Å²) in [6.07, 6.45) is 3.60. The number of carbonyl (C=O) groups excluding carboxylic acids is 1. The van der Waals surface area contributed by atoms with Crippen molar-refractivity contribution in [3.63, 3.8) is 0 Å². The summed E-state index contributed by atoms with van der Waals surface area (Å²) in [4.78, 5) is 11.9. The molecule has 1 aliphatic heterocycles. The van der Waals surface area contributed by atoms with Crippen LogP contribution in [0.1, 0.15) is 38.7 Å². The van der Waals surface area contributed by atoms with Crippen LogP contribution in [-0.2, 0) is 11.2 Å². The van der Waals surface area contributed by atoms with Crippen molar-refractivity contribution in [2.75, 3.05) is 32.8 Å². The van der Waals surface area contributed by atoms with Crippen molar-refractivity contribution in [1.29, 1.82) is 0 Å². The number of hydrogen-bond donors (Lipinski definition) is 2. The number of nitrogens with one attached hydrogen (secondary N) is 2. The Hall–Kier alpha value is -1.75. The van der Waals surface area contributed by atoms with Gasteiger partial charge in [-0.15, -0.1) is 0 Å². The van der Waals surface area contributed by atoms with E-state index in [2.05, 4.69) is 10.6 Å². The van der Waals surface area contributed by atoms with Crippen molar-refractivity contribution in [3.8, 4) is 11.5 Å². The molecule has 5 heteroatoms. The highest BCUT2D eigenvalue weighted by molar-refractivity contribution is 5.75. The second-order valence-electron chi connectivity index (χ2n) is 6.14. The Balaban J connectivity index is 1.74. The van der Waals surface area contributed by atoms with Crippen LogP contribution in [-0.4, -0.2) is 38.8 Å². The van der Waals surface area contributed by atoms with E-state index in [4.69, 9.17) is 9.47 Å². The normalized spacial score (nSPS) is 16.8. The fourth-order valence-corrected chi connectivity index (χ4v) is 2.98. The summed E-state index contributed by atoms with van der Waals surface area (Å²) in [7, 11) is 0. The van der Waals surface area contributed by atoms with E-state index >= 15 is 0 Å². The molecule has 1 unspecified atom stereocenters. The minimum atomic E-state index is 0.151. The van der Waals surface area contributed by atoms with Crippen molar-refractivity contribution < 1.29 is 14.3 Å². The van der Waals surface area contributed by atoms with Gasteiger partial charge in [-0.3, -0.25) is 4.79 Å². The molecule has 24 heavy (non-hydrogen) atoms. The fraction of sp³-hybridized carbons (Fsp3) is 0.632. The van der Waals surface area contributed by atoms with Crippen LogP contribution in [0.4, 0.5) is 0 Å². The highest BCUT2D eigenvalue weighted by Gasteiger charge is 2.15. The van der Waals surface area contributed by atoms with E-state index < -0.39 is 0 Å². The van der Waals surface area contributed by atoms with Crippen molar-refractivity contribution >= 4 is 5.91 Å². The zero-order chi connectivity index (χ0) is 17.2. The van der Waals surface area contributed by atoms with Crippen molar-refractivity contribution in [2.24, 2.45) is 5.92 Å². The van der Waals surface area contributed by atoms with Crippen LogP contribution < -0.4 is 20.1 Å². The average molecular weight is 334 g/mol. The maximum absolute atomic E-state index is 11.9. The lowest BCUT2D eigenvalue weighted by Crippen LogP contribution is -2.26. The molecule has 1 amide bonds. The molecule has 5 nitrogen and oxygen atoms in total. The fourth-order valence-electron chi connectivity index (χ4n) is 2.98. The van der Waals surface area contributed by atoms with E-state index in [1.54, 1.807) is 0 Å². The Morgan fingerprint density at radius 1 is 1.25 bits per heavy atom. The number of rotatable bonds is 10. The quantitative estimate of drug-likeness (QED) is 0.690. The molecule has 1 heterocycles. The van der Waals surface area contributed by atoms with Crippen LogP contribution in [0.15, 0.2) is 18.2 Å². The second kappa shape index (κ2) is 10.2. The Bertz CT molecular complexity index is 513. The van der Waals surface area contributed by atoms with Gasteiger partial charge in [0.2, 0.25) is 5.91 Å². The van der Waals surface area contributed by atoms with Gasteiger partial charge in [0.1, 0.15) is 0 Å². The third kappa shape index (κ3) is 6.04. The van der Waals surface area contributed by atoms with Crippen LogP contribution in [0.2, 0.25) is 0 Å². The summed E-state index contributed by atoms with van der Waals surface area (Å²) < 4.78 is 11.2. The lowest BCUT2D eigenvalue weighted by Gasteiger charge is -2.13. The highest BCUT2D eigenvalue weighted by atomic mass is 16.5. The van der Waals surface area contributed by atoms with E-state index in [0.29, 0.717) is 32.1 Å². The van der Waals surface area contributed by atoms with Crippen LogP contribution in [0.25, 0.3) is 0 Å². The molecule has 0 saturated carbocycles. The minimum absolute atomic E-state index is 0.151. The van der Waals surface area contributed by atoms with Gasteiger partial charge in [-0.2, -0.15) is 0 Å². The number of ether oxygens (including phenoxy) is 2. The maximum Gasteiger partial charge on any atom is 0.220 e. The molecule has 1 aromatic carbocycles. The molecular formula is C19H30N2O3. The molecule has 1 fully saturated rings. The average Bonchev–Trinajstić information content (AvgIpc) is 3.09. The van der Waals surface area contributed by atoms with Gasteiger partial charge in [-0.05, 0) is 69.8 Å². The van der Waals surface area contributed by atoms with Crippen LogP contribution in [0, 0.1) is 5.92 Å². The lowest BCUT2D eigenvalue weighted by atomic mass is 10.0. The Morgan fingerprint density at radius 3 is 2.75 bits per heavy atom. The summed E-state index contributed by atoms with van der Waals surface area (Å²) >= 11 is 0. The molecule has 2 N–H and O–H groups in total. The Kier molecular flexibility index (Phi) is 7.89. The highest BCUT2D eigenvalue weighted by Crippen LogP contribution is 2.28. The zero-order valence-electron chi connectivity index (χ0n) is 14.9. The first-order valence-corrected chi connectivity index (χ1v) is 9.08. The van der Waals surface area contributed by atoms with Crippen molar-refractivity contribution in [3.05, 3.63) is 23.8 Å². The first-order valence-electron chi connectivity index (χ1n) is 9.08. The number of amides is 1. The molecule has 134 valence electrons. The summed E-state index contributed by atoms with van der Waals surface area (Å²) in [5.74, 6) is 2.36. The van der Waals surface area contributed by atoms with Gasteiger partial charge >= 0.3 is 0 Å². The lowest BCUT2D eigenvalue weighted by molar-refractivity contribution is -0.121. The standard InChI is InChI=1S/C19H30N2O3/c1-3-23-17-7-5-15(13-18(17)24-4-2)10-12-21-19(22)8-6-16-9-11-20-14-16/h5,7,13,16,20H,3-4,6,8-12,14H2,1-2H3,(H,21,22). The Morgan fingerprint density at radius 2 is 2.04 bits per heavy atom. The molecule has 0 aromatic heterocycles.